The maximum absolute atomic E-state index is 13.8. The third-order valence-corrected chi connectivity index (χ3v) is 9.80. The van der Waals surface area contributed by atoms with Gasteiger partial charge >= 0.3 is 0 Å². The number of aliphatic hydroxyl groups is 1. The van der Waals surface area contributed by atoms with Crippen LogP contribution in [0.1, 0.15) is 84.0 Å². The van der Waals surface area contributed by atoms with E-state index in [9.17, 15) is 23.1 Å². The largest absolute Gasteiger partial charge is 0.493 e. The lowest BCUT2D eigenvalue weighted by atomic mass is 9.77. The fraction of sp³-hybridized carbons (Fsp3) is 0.742. The van der Waals surface area contributed by atoms with Gasteiger partial charge in [-0.25, -0.2) is 8.42 Å². The minimum atomic E-state index is -3.38. The number of rotatable bonds is 14. The normalized spacial score (nSPS) is 21.8. The number of carbonyl (C=O) groups is 2. The van der Waals surface area contributed by atoms with Crippen molar-refractivity contribution in [2.45, 2.75) is 101 Å². The zero-order chi connectivity index (χ0) is 31.1. The molecule has 44 heavy (non-hydrogen) atoms. The van der Waals surface area contributed by atoms with Crippen LogP contribution in [0.15, 0.2) is 18.2 Å². The van der Waals surface area contributed by atoms with Crippen LogP contribution in [0.3, 0.4) is 0 Å². The number of nitrogens with zero attached hydrogens (tertiary/aromatic N) is 2. The van der Waals surface area contributed by atoms with E-state index in [2.05, 4.69) is 21.9 Å². The van der Waals surface area contributed by atoms with E-state index in [1.165, 1.54) is 7.11 Å². The van der Waals surface area contributed by atoms with E-state index >= 15 is 0 Å². The number of likely N-dealkylation sites (tertiary alicyclic amines) is 1. The number of nitrogens with one attached hydrogen (secondary N) is 2. The quantitative estimate of drug-likeness (QED) is 0.258. The van der Waals surface area contributed by atoms with Crippen molar-refractivity contribution in [2.24, 2.45) is 0 Å². The Labute approximate surface area is 268 Å². The van der Waals surface area contributed by atoms with Crippen molar-refractivity contribution >= 4 is 39.9 Å². The number of sulfonamides is 1. The summed E-state index contributed by atoms with van der Waals surface area (Å²) in [6.45, 7) is 5.50. The first kappa shape index (κ1) is 36.2. The van der Waals surface area contributed by atoms with Crippen LogP contribution in [0.2, 0.25) is 0 Å². The molecule has 2 aliphatic heterocycles. The Morgan fingerprint density at radius 1 is 1.02 bits per heavy atom. The first-order valence-electron chi connectivity index (χ1n) is 15.8. The number of methoxy groups -OCH3 is 1. The number of hydrogen-bond acceptors (Lipinski definition) is 8. The van der Waals surface area contributed by atoms with Crippen LogP contribution in [0.4, 0.5) is 5.69 Å². The molecule has 1 aliphatic carbocycles. The number of unbranched alkanes of at least 4 members (excludes halogenated alkanes) is 2. The lowest BCUT2D eigenvalue weighted by Crippen LogP contribution is -2.73. The summed E-state index contributed by atoms with van der Waals surface area (Å²) < 4.78 is 36.7. The van der Waals surface area contributed by atoms with Gasteiger partial charge in [-0.3, -0.25) is 14.3 Å². The molecule has 3 aliphatic rings. The van der Waals surface area contributed by atoms with Gasteiger partial charge in [0.05, 0.1) is 31.3 Å². The fourth-order valence-corrected chi connectivity index (χ4v) is 7.33. The number of piperidine rings is 1. The molecule has 1 aromatic carbocycles. The molecule has 3 fully saturated rings. The molecular weight excluding hydrogens is 608 g/mol. The maximum Gasteiger partial charge on any atom is 0.246 e. The monoisotopic (exact) mass is 658 g/mol. The summed E-state index contributed by atoms with van der Waals surface area (Å²) >= 11 is 0. The first-order chi connectivity index (χ1) is 20.5. The van der Waals surface area contributed by atoms with Crippen molar-refractivity contribution in [3.05, 3.63) is 18.2 Å². The Balaban J connectivity index is 0.00000529. The lowest BCUT2D eigenvalue weighted by molar-refractivity contribution is -0.163. The van der Waals surface area contributed by atoms with E-state index in [-0.39, 0.29) is 24.2 Å². The molecule has 0 aromatic heterocycles. The molecule has 0 radical (unpaired) electrons. The van der Waals surface area contributed by atoms with Gasteiger partial charge < -0.3 is 29.7 Å². The van der Waals surface area contributed by atoms with Crippen LogP contribution in [0.25, 0.3) is 0 Å². The van der Waals surface area contributed by atoms with E-state index in [4.69, 9.17) is 9.47 Å². The number of ether oxygens (including phenoxy) is 2. The van der Waals surface area contributed by atoms with Crippen LogP contribution in [-0.2, 0) is 19.6 Å². The number of hydrogen-bond donors (Lipinski definition) is 3. The summed E-state index contributed by atoms with van der Waals surface area (Å²) in [7, 11) is -1.87. The van der Waals surface area contributed by atoms with E-state index < -0.39 is 27.2 Å². The van der Waals surface area contributed by atoms with E-state index in [0.29, 0.717) is 62.4 Å². The standard InChI is InChI=1S/C31H50N4O7S.ClH/c1-4-5-18-35-28(36)25(23-30(38)13-7-6-8-14-30)32-29(37)31(35)15-19-34(20-16-31)17-9-10-21-42-26-12-11-24(22-27(26)41-2)33-43(3,39)40;/h11-12,22,25,33,38H,4-10,13-21,23H2,1-3H3,(H,32,37);1H/t25-;/m1./s1. The summed E-state index contributed by atoms with van der Waals surface area (Å²) in [6, 6.07) is 4.27. The Bertz CT molecular complexity index is 1220. The zero-order valence-electron chi connectivity index (χ0n) is 26.4. The summed E-state index contributed by atoms with van der Waals surface area (Å²) in [4.78, 5) is 31.6. The fourth-order valence-electron chi connectivity index (χ4n) is 6.78. The van der Waals surface area contributed by atoms with Crippen molar-refractivity contribution < 1.29 is 32.6 Å². The van der Waals surface area contributed by atoms with Gasteiger partial charge in [0.1, 0.15) is 11.6 Å². The topological polar surface area (TPSA) is 138 Å². The van der Waals surface area contributed by atoms with Gasteiger partial charge in [-0.2, -0.15) is 0 Å². The molecule has 0 bridgehead atoms. The highest BCUT2D eigenvalue weighted by molar-refractivity contribution is 7.92. The van der Waals surface area contributed by atoms with E-state index in [0.717, 1.165) is 70.8 Å². The van der Waals surface area contributed by atoms with Crippen molar-refractivity contribution in [1.82, 2.24) is 15.1 Å². The molecule has 0 unspecified atom stereocenters. The summed E-state index contributed by atoms with van der Waals surface area (Å²) in [5.74, 6) is 0.911. The third-order valence-electron chi connectivity index (χ3n) is 9.19. The molecule has 1 saturated carbocycles. The number of anilines is 1. The van der Waals surface area contributed by atoms with E-state index in [1.807, 2.05) is 4.90 Å². The summed E-state index contributed by atoms with van der Waals surface area (Å²) in [5, 5.41) is 14.2. The van der Waals surface area contributed by atoms with Gasteiger partial charge in [-0.05, 0) is 63.6 Å². The van der Waals surface area contributed by atoms with Crippen LogP contribution in [-0.4, -0.2) is 98.5 Å². The van der Waals surface area contributed by atoms with Crippen molar-refractivity contribution in [1.29, 1.82) is 0 Å². The van der Waals surface area contributed by atoms with Gasteiger partial charge in [0.25, 0.3) is 0 Å². The average molecular weight is 659 g/mol. The molecular formula is C31H51ClN4O7S. The molecule has 1 spiro atoms. The number of carbonyl (C=O) groups excluding carboxylic acids is 2. The highest BCUT2D eigenvalue weighted by Gasteiger charge is 2.54. The molecule has 3 N–H and O–H groups in total. The second-order valence-electron chi connectivity index (χ2n) is 12.5. The number of benzene rings is 1. The highest BCUT2D eigenvalue weighted by Crippen LogP contribution is 2.37. The molecule has 1 atom stereocenters. The molecule has 11 nitrogen and oxygen atoms in total. The summed E-state index contributed by atoms with van der Waals surface area (Å²) in [5.41, 5.74) is -1.27. The smallest absolute Gasteiger partial charge is 0.246 e. The zero-order valence-corrected chi connectivity index (χ0v) is 28.1. The molecule has 2 saturated heterocycles. The molecule has 2 heterocycles. The number of amides is 2. The summed E-state index contributed by atoms with van der Waals surface area (Å²) in [6.07, 6.45) is 10.5. The van der Waals surface area contributed by atoms with Gasteiger partial charge in [0.15, 0.2) is 11.5 Å². The second kappa shape index (κ2) is 15.8. The second-order valence-corrected chi connectivity index (χ2v) is 14.3. The molecule has 13 heteroatoms. The minimum Gasteiger partial charge on any atom is -0.493 e. The molecule has 4 rings (SSSR count). The van der Waals surface area contributed by atoms with Crippen LogP contribution in [0.5, 0.6) is 11.5 Å². The Morgan fingerprint density at radius 3 is 2.36 bits per heavy atom. The number of piperazine rings is 1. The minimum absolute atomic E-state index is 0. The Kier molecular flexibility index (Phi) is 13.0. The maximum atomic E-state index is 13.8. The van der Waals surface area contributed by atoms with Crippen molar-refractivity contribution in [3.63, 3.8) is 0 Å². The van der Waals surface area contributed by atoms with E-state index in [1.54, 1.807) is 18.2 Å². The lowest BCUT2D eigenvalue weighted by Gasteiger charge is -2.52. The van der Waals surface area contributed by atoms with Crippen molar-refractivity contribution in [2.75, 3.05) is 50.9 Å². The highest BCUT2D eigenvalue weighted by atomic mass is 35.5. The molecule has 1 aromatic rings. The van der Waals surface area contributed by atoms with Crippen LogP contribution >= 0.6 is 12.4 Å². The Hall–Kier alpha value is -2.28. The van der Waals surface area contributed by atoms with Crippen LogP contribution in [0, 0.1) is 0 Å². The Morgan fingerprint density at radius 2 is 1.73 bits per heavy atom. The average Bonchev–Trinajstić information content (AvgIpc) is 2.96. The predicted octanol–water partition coefficient (Wildman–Crippen LogP) is 3.69. The molecule has 2 amide bonds. The SMILES string of the molecule is CCCCN1C(=O)[C@@H](CC2(O)CCCCC2)NC(=O)C12CCN(CCCCOc1ccc(NS(C)(=O)=O)cc1OC)CC2.Cl. The predicted molar refractivity (Wildman–Crippen MR) is 173 cm³/mol. The molecule has 250 valence electrons. The van der Waals surface area contributed by atoms with Crippen molar-refractivity contribution in [3.8, 4) is 11.5 Å². The third kappa shape index (κ3) is 9.14. The first-order valence-corrected chi connectivity index (χ1v) is 17.7. The number of halogens is 1. The van der Waals surface area contributed by atoms with Gasteiger partial charge in [-0.1, -0.05) is 32.6 Å². The van der Waals surface area contributed by atoms with Gasteiger partial charge in [-0.15, -0.1) is 12.4 Å². The van der Waals surface area contributed by atoms with Crippen LogP contribution < -0.4 is 19.5 Å². The van der Waals surface area contributed by atoms with Gasteiger partial charge in [0.2, 0.25) is 21.8 Å². The van der Waals surface area contributed by atoms with Gasteiger partial charge in [0, 0.05) is 32.1 Å².